The molecule has 1 N–H and O–H groups in total. The van der Waals surface area contributed by atoms with Crippen molar-refractivity contribution >= 4 is 23.2 Å². The number of ether oxygens (including phenoxy) is 1. The molecule has 1 heterocycles. The van der Waals surface area contributed by atoms with E-state index in [9.17, 15) is 9.59 Å². The molecule has 0 aliphatic heterocycles. The van der Waals surface area contributed by atoms with Crippen LogP contribution in [0.1, 0.15) is 16.6 Å². The summed E-state index contributed by atoms with van der Waals surface area (Å²) in [7, 11) is 3.19. The lowest BCUT2D eigenvalue weighted by atomic mass is 10.2. The molecule has 1 aromatic carbocycles. The molecule has 1 aromatic heterocycles. The highest BCUT2D eigenvalue weighted by Gasteiger charge is 2.20. The molecule has 1 unspecified atom stereocenters. The summed E-state index contributed by atoms with van der Waals surface area (Å²) in [5.41, 5.74) is 0.899. The highest BCUT2D eigenvalue weighted by atomic mass is 32.1. The van der Waals surface area contributed by atoms with E-state index in [0.717, 1.165) is 16.3 Å². The van der Waals surface area contributed by atoms with Crippen molar-refractivity contribution in [3.8, 4) is 16.3 Å². The summed E-state index contributed by atoms with van der Waals surface area (Å²) in [6, 6.07) is 7.42. The minimum Gasteiger partial charge on any atom is -0.497 e. The first-order valence-electron chi connectivity index (χ1n) is 7.01. The molecule has 0 aliphatic carbocycles. The zero-order valence-electron chi connectivity index (χ0n) is 13.1. The molecule has 0 saturated heterocycles. The number of aromatic nitrogens is 1. The fraction of sp³-hybridized carbons (Fsp3) is 0.312. The Bertz CT molecular complexity index is 696. The number of methoxy groups -OCH3 is 1. The number of carbonyl (C=O) groups excluding carboxylic acids is 1. The van der Waals surface area contributed by atoms with Crippen molar-refractivity contribution in [3.05, 3.63) is 35.3 Å². The summed E-state index contributed by atoms with van der Waals surface area (Å²) in [6.07, 6.45) is 1.52. The zero-order chi connectivity index (χ0) is 17.0. The van der Waals surface area contributed by atoms with Gasteiger partial charge in [-0.15, -0.1) is 11.3 Å². The largest absolute Gasteiger partial charge is 0.497 e. The lowest BCUT2D eigenvalue weighted by Gasteiger charge is -2.18. The average Bonchev–Trinajstić information content (AvgIpc) is 3.03. The molecular formula is C16H18N2O4S. The van der Waals surface area contributed by atoms with E-state index in [-0.39, 0.29) is 12.5 Å². The van der Waals surface area contributed by atoms with E-state index in [1.54, 1.807) is 21.1 Å². The van der Waals surface area contributed by atoms with E-state index in [4.69, 9.17) is 9.84 Å². The van der Waals surface area contributed by atoms with Crippen LogP contribution in [0.4, 0.5) is 0 Å². The van der Waals surface area contributed by atoms with Gasteiger partial charge in [-0.2, -0.15) is 0 Å². The zero-order valence-corrected chi connectivity index (χ0v) is 14.0. The molecule has 0 bridgehead atoms. The second-order valence-electron chi connectivity index (χ2n) is 5.18. The van der Waals surface area contributed by atoms with Gasteiger partial charge < -0.3 is 14.7 Å². The lowest BCUT2D eigenvalue weighted by molar-refractivity contribution is -0.141. The number of hydrogen-bond donors (Lipinski definition) is 1. The molecule has 23 heavy (non-hydrogen) atoms. The number of rotatable bonds is 6. The first-order valence-corrected chi connectivity index (χ1v) is 7.82. The fourth-order valence-electron chi connectivity index (χ4n) is 2.00. The Morgan fingerprint density at radius 3 is 2.57 bits per heavy atom. The number of aliphatic carboxylic acids is 1. The predicted molar refractivity (Wildman–Crippen MR) is 87.9 cm³/mol. The third-order valence-electron chi connectivity index (χ3n) is 3.37. The van der Waals surface area contributed by atoms with Crippen molar-refractivity contribution in [2.24, 2.45) is 5.92 Å². The smallest absolute Gasteiger partial charge is 0.308 e. The number of thiazole rings is 1. The van der Waals surface area contributed by atoms with Crippen molar-refractivity contribution in [1.29, 1.82) is 0 Å². The molecule has 0 aliphatic rings. The van der Waals surface area contributed by atoms with E-state index in [1.165, 1.54) is 22.4 Å². The van der Waals surface area contributed by atoms with Crippen LogP contribution in [0.15, 0.2) is 30.5 Å². The van der Waals surface area contributed by atoms with E-state index >= 15 is 0 Å². The number of carbonyl (C=O) groups is 2. The van der Waals surface area contributed by atoms with Crippen LogP contribution in [0.5, 0.6) is 5.75 Å². The molecule has 1 atom stereocenters. The van der Waals surface area contributed by atoms with Crippen LogP contribution in [-0.2, 0) is 4.79 Å². The Morgan fingerprint density at radius 1 is 1.35 bits per heavy atom. The molecule has 1 amide bonds. The molecule has 0 radical (unpaired) electrons. The van der Waals surface area contributed by atoms with E-state index in [2.05, 4.69) is 4.98 Å². The summed E-state index contributed by atoms with van der Waals surface area (Å²) in [4.78, 5) is 29.4. The second kappa shape index (κ2) is 7.23. The second-order valence-corrected chi connectivity index (χ2v) is 6.21. The van der Waals surface area contributed by atoms with Crippen LogP contribution in [0.25, 0.3) is 10.6 Å². The molecule has 2 rings (SSSR count). The van der Waals surface area contributed by atoms with Gasteiger partial charge in [0.25, 0.3) is 5.91 Å². The van der Waals surface area contributed by atoms with Gasteiger partial charge in [-0.25, -0.2) is 4.98 Å². The monoisotopic (exact) mass is 334 g/mol. The summed E-state index contributed by atoms with van der Waals surface area (Å²) < 4.78 is 5.11. The van der Waals surface area contributed by atoms with Gasteiger partial charge in [-0.3, -0.25) is 9.59 Å². The molecular weight excluding hydrogens is 316 g/mol. The maximum atomic E-state index is 12.3. The summed E-state index contributed by atoms with van der Waals surface area (Å²) in [6.45, 7) is 1.73. The predicted octanol–water partition coefficient (Wildman–Crippen LogP) is 2.61. The number of nitrogens with zero attached hydrogens (tertiary/aromatic N) is 2. The van der Waals surface area contributed by atoms with E-state index in [1.807, 2.05) is 24.3 Å². The molecule has 7 heteroatoms. The van der Waals surface area contributed by atoms with Gasteiger partial charge >= 0.3 is 5.97 Å². The van der Waals surface area contributed by atoms with Crippen molar-refractivity contribution in [3.63, 3.8) is 0 Å². The number of carboxylic acids is 1. The molecule has 0 fully saturated rings. The average molecular weight is 334 g/mol. The van der Waals surface area contributed by atoms with Gasteiger partial charge in [0.05, 0.1) is 19.2 Å². The highest BCUT2D eigenvalue weighted by Crippen LogP contribution is 2.27. The summed E-state index contributed by atoms with van der Waals surface area (Å²) in [5, 5.41) is 9.65. The van der Waals surface area contributed by atoms with Crippen molar-refractivity contribution in [2.45, 2.75) is 6.92 Å². The number of benzene rings is 1. The normalized spacial score (nSPS) is 11.8. The summed E-state index contributed by atoms with van der Waals surface area (Å²) >= 11 is 1.28. The lowest BCUT2D eigenvalue weighted by Crippen LogP contribution is -2.33. The third kappa shape index (κ3) is 4.07. The standard InChI is InChI=1S/C16H18N2O4S/c1-10(16(20)21)9-18(2)15(19)13-8-17-14(23-13)11-4-6-12(22-3)7-5-11/h4-8,10H,9H2,1-3H3,(H,20,21). The minimum absolute atomic E-state index is 0.157. The van der Waals surface area contributed by atoms with Gasteiger partial charge in [0.15, 0.2) is 0 Å². The quantitative estimate of drug-likeness (QED) is 0.878. The van der Waals surface area contributed by atoms with Crippen molar-refractivity contribution in [1.82, 2.24) is 9.88 Å². The minimum atomic E-state index is -0.923. The van der Waals surface area contributed by atoms with Crippen LogP contribution in [0.3, 0.4) is 0 Å². The molecule has 0 saturated carbocycles. The van der Waals surface area contributed by atoms with Gasteiger partial charge in [0, 0.05) is 19.2 Å². The summed E-state index contributed by atoms with van der Waals surface area (Å²) in [5.74, 6) is -1.01. The Hall–Kier alpha value is -2.41. The Labute approximate surface area is 138 Å². The molecule has 0 spiro atoms. The SMILES string of the molecule is COc1ccc(-c2ncc(C(=O)N(C)CC(C)C(=O)O)s2)cc1. The van der Waals surface area contributed by atoms with Crippen LogP contribution in [0, 0.1) is 5.92 Å². The Balaban J connectivity index is 2.11. The van der Waals surface area contributed by atoms with Crippen LogP contribution >= 0.6 is 11.3 Å². The van der Waals surface area contributed by atoms with Crippen LogP contribution < -0.4 is 4.74 Å². The Kier molecular flexibility index (Phi) is 5.33. The van der Waals surface area contributed by atoms with Gasteiger partial charge in [-0.1, -0.05) is 6.92 Å². The molecule has 122 valence electrons. The topological polar surface area (TPSA) is 79.7 Å². The third-order valence-corrected chi connectivity index (χ3v) is 4.40. The number of amides is 1. The van der Waals surface area contributed by atoms with Crippen molar-refractivity contribution in [2.75, 3.05) is 20.7 Å². The highest BCUT2D eigenvalue weighted by molar-refractivity contribution is 7.16. The van der Waals surface area contributed by atoms with E-state index < -0.39 is 11.9 Å². The van der Waals surface area contributed by atoms with Gasteiger partial charge in [0.1, 0.15) is 15.6 Å². The Morgan fingerprint density at radius 2 is 2.00 bits per heavy atom. The number of hydrogen-bond acceptors (Lipinski definition) is 5. The van der Waals surface area contributed by atoms with Gasteiger partial charge in [-0.05, 0) is 24.3 Å². The maximum Gasteiger partial charge on any atom is 0.308 e. The van der Waals surface area contributed by atoms with E-state index in [0.29, 0.717) is 4.88 Å². The fourth-order valence-corrected chi connectivity index (χ4v) is 2.92. The number of carboxylic acid groups (broad SMARTS) is 1. The van der Waals surface area contributed by atoms with Gasteiger partial charge in [0.2, 0.25) is 0 Å². The maximum absolute atomic E-state index is 12.3. The van der Waals surface area contributed by atoms with Crippen molar-refractivity contribution < 1.29 is 19.4 Å². The first-order chi connectivity index (χ1) is 10.9. The van der Waals surface area contributed by atoms with Crippen LogP contribution in [0.2, 0.25) is 0 Å². The first kappa shape index (κ1) is 17.0. The van der Waals surface area contributed by atoms with Crippen LogP contribution in [-0.4, -0.2) is 47.6 Å². The molecule has 6 nitrogen and oxygen atoms in total. The molecule has 2 aromatic rings.